The molecular formula is C70H64N4S. The van der Waals surface area contributed by atoms with E-state index >= 15 is 0 Å². The lowest BCUT2D eigenvalue weighted by Crippen LogP contribution is -1.94. The summed E-state index contributed by atoms with van der Waals surface area (Å²) < 4.78 is 2.37. The third-order valence-corrected chi connectivity index (χ3v) is 14.0. The largest absolute Gasteiger partial charge is 0.256 e. The number of allylic oxidation sites excluding steroid dienone is 4. The first-order valence-electron chi connectivity index (χ1n) is 26.1. The van der Waals surface area contributed by atoms with Gasteiger partial charge in [0.15, 0.2) is 5.82 Å². The molecule has 0 saturated heterocycles. The van der Waals surface area contributed by atoms with Crippen molar-refractivity contribution in [1.29, 1.82) is 0 Å². The quantitative estimate of drug-likeness (QED) is 0.112. The Morgan fingerprint density at radius 1 is 0.413 bits per heavy atom. The van der Waals surface area contributed by atoms with Crippen molar-refractivity contribution in [3.8, 4) is 45.2 Å². The zero-order valence-electron chi connectivity index (χ0n) is 44.4. The normalized spacial score (nSPS) is 10.9. The van der Waals surface area contributed by atoms with Gasteiger partial charge in [-0.05, 0) is 104 Å². The van der Waals surface area contributed by atoms with Crippen molar-refractivity contribution < 1.29 is 0 Å². The van der Waals surface area contributed by atoms with Crippen LogP contribution in [0.5, 0.6) is 0 Å². The van der Waals surface area contributed by atoms with E-state index in [0.29, 0.717) is 0 Å². The second-order valence-corrected chi connectivity index (χ2v) is 18.4. The Bertz CT molecular complexity index is 3910. The van der Waals surface area contributed by atoms with Gasteiger partial charge in [-0.25, -0.2) is 9.97 Å². The summed E-state index contributed by atoms with van der Waals surface area (Å²) in [6.45, 7) is 24.5. The van der Waals surface area contributed by atoms with E-state index in [1.165, 1.54) is 53.5 Å². The van der Waals surface area contributed by atoms with Crippen molar-refractivity contribution in [3.63, 3.8) is 0 Å². The van der Waals surface area contributed by atoms with E-state index in [0.717, 1.165) is 77.6 Å². The van der Waals surface area contributed by atoms with Gasteiger partial charge in [-0.15, -0.1) is 11.3 Å². The Morgan fingerprint density at radius 2 is 0.893 bits per heavy atom. The highest BCUT2D eigenvalue weighted by molar-refractivity contribution is 7.27. The molecule has 8 aromatic carbocycles. The van der Waals surface area contributed by atoms with Gasteiger partial charge in [-0.1, -0.05) is 236 Å². The molecule has 0 unspecified atom stereocenters. The number of hydrogen-bond donors (Lipinski definition) is 0. The van der Waals surface area contributed by atoms with Crippen molar-refractivity contribution >= 4 is 80.7 Å². The van der Waals surface area contributed by atoms with E-state index < -0.39 is 0 Å². The Kier molecular flexibility index (Phi) is 17.5. The first kappa shape index (κ1) is 52.7. The molecule has 5 heteroatoms. The summed E-state index contributed by atoms with van der Waals surface area (Å²) in [6.07, 6.45) is 5.76. The Morgan fingerprint density at radius 3 is 1.49 bits per heavy atom. The maximum atomic E-state index is 5.24. The van der Waals surface area contributed by atoms with E-state index in [9.17, 15) is 0 Å². The number of benzene rings is 8. The Labute approximate surface area is 447 Å². The van der Waals surface area contributed by atoms with E-state index in [2.05, 4.69) is 200 Å². The molecule has 0 bridgehead atoms. The average Bonchev–Trinajstić information content (AvgIpc) is 3.92. The van der Waals surface area contributed by atoms with Crippen LogP contribution in [0.25, 0.3) is 114 Å². The summed E-state index contributed by atoms with van der Waals surface area (Å²) in [5.74, 6) is 0.738. The zero-order chi connectivity index (χ0) is 52.8. The Hall–Kier alpha value is -8.64. The van der Waals surface area contributed by atoms with Gasteiger partial charge in [-0.3, -0.25) is 9.97 Å². The van der Waals surface area contributed by atoms with Crippen molar-refractivity contribution in [2.24, 2.45) is 0 Å². The van der Waals surface area contributed by atoms with Gasteiger partial charge in [0, 0.05) is 44.7 Å². The van der Waals surface area contributed by atoms with Crippen LogP contribution < -0.4 is 0 Å². The van der Waals surface area contributed by atoms with E-state index in [4.69, 9.17) is 9.97 Å². The fourth-order valence-electron chi connectivity index (χ4n) is 9.01. The minimum absolute atomic E-state index is 0.738. The summed E-state index contributed by atoms with van der Waals surface area (Å²) in [5.41, 5.74) is 14.9. The summed E-state index contributed by atoms with van der Waals surface area (Å²) in [4.78, 5) is 19.2. The molecule has 12 aromatic rings. The molecule has 0 saturated carbocycles. The molecule has 0 aliphatic heterocycles. The zero-order valence-corrected chi connectivity index (χ0v) is 45.2. The van der Waals surface area contributed by atoms with E-state index in [-0.39, 0.29) is 0 Å². The monoisotopic (exact) mass is 992 g/mol. The molecule has 75 heavy (non-hydrogen) atoms. The molecule has 0 amide bonds. The van der Waals surface area contributed by atoms with Crippen LogP contribution in [0.3, 0.4) is 0 Å². The van der Waals surface area contributed by atoms with Gasteiger partial charge in [-0.2, -0.15) is 0 Å². The molecule has 370 valence electrons. The standard InChI is InChI=1S/C37H24N2S.C27H22N2.3C2H6/c1-22(2)23-11-14-26(15-12-23)37-38-33(28-18-19-30-27(21-28)16-13-24-7-3-5-9-29(24)30)36-34(39-37)32-20-17-25-8-4-6-10-31(25)35(32)40-36;1-20(22-9-13-24(14-10-22)26-7-3-5-17-28-26)19-21(2)23-11-15-25(16-12-23)27-8-4-6-18-29-27;3*1-2/h3-21H,1H2,2H3;3-19H,1H2,2H3;3*1-2H3/b;21-19+;;;. The van der Waals surface area contributed by atoms with Crippen LogP contribution in [0.1, 0.15) is 72.1 Å². The van der Waals surface area contributed by atoms with Crippen LogP contribution in [-0.4, -0.2) is 19.9 Å². The molecule has 0 atom stereocenters. The molecular weight excluding hydrogens is 929 g/mol. The predicted molar refractivity (Wildman–Crippen MR) is 329 cm³/mol. The van der Waals surface area contributed by atoms with Crippen molar-refractivity contribution in [2.75, 3.05) is 0 Å². The van der Waals surface area contributed by atoms with Crippen LogP contribution in [0.15, 0.2) is 232 Å². The predicted octanol–water partition coefficient (Wildman–Crippen LogP) is 20.7. The van der Waals surface area contributed by atoms with Gasteiger partial charge in [0.25, 0.3) is 0 Å². The number of pyridine rings is 2. The number of nitrogens with zero attached hydrogens (tertiary/aromatic N) is 4. The maximum Gasteiger partial charge on any atom is 0.160 e. The third-order valence-electron chi connectivity index (χ3n) is 12.8. The van der Waals surface area contributed by atoms with Gasteiger partial charge >= 0.3 is 0 Å². The third kappa shape index (κ3) is 11.6. The highest BCUT2D eigenvalue weighted by Crippen LogP contribution is 2.43. The molecule has 4 nitrogen and oxygen atoms in total. The molecule has 0 N–H and O–H groups in total. The highest BCUT2D eigenvalue weighted by Gasteiger charge is 2.19. The van der Waals surface area contributed by atoms with E-state index in [1.54, 1.807) is 11.3 Å². The molecule has 0 aliphatic carbocycles. The molecule has 0 fully saturated rings. The topological polar surface area (TPSA) is 51.6 Å². The van der Waals surface area contributed by atoms with Gasteiger partial charge in [0.05, 0.1) is 27.3 Å². The fraction of sp³-hybridized carbons (Fsp3) is 0.114. The van der Waals surface area contributed by atoms with Crippen LogP contribution in [-0.2, 0) is 0 Å². The minimum Gasteiger partial charge on any atom is -0.256 e. The molecule has 0 spiro atoms. The number of rotatable bonds is 8. The molecule has 12 rings (SSSR count). The molecule has 4 aromatic heterocycles. The lowest BCUT2D eigenvalue weighted by Gasteiger charge is -2.10. The van der Waals surface area contributed by atoms with Crippen LogP contribution in [0.4, 0.5) is 0 Å². The first-order chi connectivity index (χ1) is 36.8. The molecule has 0 radical (unpaired) electrons. The van der Waals surface area contributed by atoms with E-state index in [1.807, 2.05) is 97.3 Å². The number of hydrogen-bond acceptors (Lipinski definition) is 5. The summed E-state index contributed by atoms with van der Waals surface area (Å²) >= 11 is 1.79. The van der Waals surface area contributed by atoms with Crippen molar-refractivity contribution in [2.45, 2.75) is 55.4 Å². The first-order valence-corrected chi connectivity index (χ1v) is 26.9. The molecule has 4 heterocycles. The van der Waals surface area contributed by atoms with Gasteiger partial charge in [0.1, 0.15) is 0 Å². The second-order valence-electron chi connectivity index (χ2n) is 17.4. The summed E-state index contributed by atoms with van der Waals surface area (Å²) in [5, 5.41) is 8.66. The van der Waals surface area contributed by atoms with Gasteiger partial charge < -0.3 is 0 Å². The maximum absolute atomic E-state index is 5.24. The van der Waals surface area contributed by atoms with Gasteiger partial charge in [0.2, 0.25) is 0 Å². The fourth-order valence-corrected chi connectivity index (χ4v) is 10.3. The smallest absolute Gasteiger partial charge is 0.160 e. The van der Waals surface area contributed by atoms with Crippen LogP contribution in [0, 0.1) is 0 Å². The SMILES string of the molecule is C=C(/C=C(\C)c1ccc(-c2ccccn2)cc1)c1ccc(-c2ccccn2)cc1.C=C(C)c1ccc(-c2nc(-c3ccc4c(ccc5ccccc54)c3)c3sc4c5ccccc5ccc4c3n2)cc1.CC.CC.CC. The van der Waals surface area contributed by atoms with Crippen LogP contribution >= 0.6 is 11.3 Å². The lowest BCUT2D eigenvalue weighted by molar-refractivity contribution is 1.24. The minimum atomic E-state index is 0.738. The number of thiophene rings is 1. The highest BCUT2D eigenvalue weighted by atomic mass is 32.1. The van der Waals surface area contributed by atoms with Crippen molar-refractivity contribution in [3.05, 3.63) is 249 Å². The van der Waals surface area contributed by atoms with Crippen LogP contribution in [0.2, 0.25) is 0 Å². The lowest BCUT2D eigenvalue weighted by atomic mass is 9.98. The number of aromatic nitrogens is 4. The Balaban J connectivity index is 0.000000189. The van der Waals surface area contributed by atoms with Crippen molar-refractivity contribution in [1.82, 2.24) is 19.9 Å². The molecule has 0 aliphatic rings. The second kappa shape index (κ2) is 24.9. The average molecular weight is 993 g/mol. The summed E-state index contributed by atoms with van der Waals surface area (Å²) in [7, 11) is 0. The number of fused-ring (bicyclic) bond motifs is 8. The summed E-state index contributed by atoms with van der Waals surface area (Å²) in [6, 6.07) is 69.9.